The molecule has 0 saturated heterocycles. The van der Waals surface area contributed by atoms with E-state index in [1.54, 1.807) is 6.07 Å². The Morgan fingerprint density at radius 1 is 1.46 bits per heavy atom. The normalized spacial score (nSPS) is 10.9. The third kappa shape index (κ3) is 1.84. The average Bonchev–Trinajstić information content (AvgIpc) is 2.02. The van der Waals surface area contributed by atoms with Crippen molar-refractivity contribution in [1.82, 2.24) is 9.97 Å². The Labute approximate surface area is 70.8 Å². The predicted octanol–water partition coefficient (Wildman–Crippen LogP) is 0.949. The van der Waals surface area contributed by atoms with Crippen LogP contribution in [0.5, 0.6) is 0 Å². The van der Waals surface area contributed by atoms with Crippen LogP contribution >= 0.6 is 0 Å². The second-order valence-corrected chi connectivity index (χ2v) is 2.10. The average molecular weight is 188 g/mol. The molecule has 4 nitrogen and oxygen atoms in total. The van der Waals surface area contributed by atoms with Gasteiger partial charge in [0.25, 0.3) is 0 Å². The molecule has 0 aliphatic heterocycles. The predicted molar refractivity (Wildman–Crippen MR) is 36.2 cm³/mol. The van der Waals surface area contributed by atoms with Gasteiger partial charge in [-0.1, -0.05) is 0 Å². The lowest BCUT2D eigenvalue weighted by atomic mass is 10.3. The first kappa shape index (κ1) is 9.25. The lowest BCUT2D eigenvalue weighted by Crippen LogP contribution is -2.12. The Kier molecular flexibility index (Phi) is 2.06. The lowest BCUT2D eigenvalue weighted by molar-refractivity contribution is -0.144. The van der Waals surface area contributed by atoms with Gasteiger partial charge in [-0.15, -0.1) is 0 Å². The summed E-state index contributed by atoms with van der Waals surface area (Å²) in [4.78, 5) is 5.88. The molecule has 0 unspecified atom stereocenters. The fraction of sp³-hybridized carbons (Fsp3) is 0.167. The van der Waals surface area contributed by atoms with Crippen LogP contribution in [0.2, 0.25) is 0 Å². The minimum absolute atomic E-state index is 0.173. The zero-order valence-corrected chi connectivity index (χ0v) is 6.13. The van der Waals surface area contributed by atoms with Gasteiger partial charge in [0.2, 0.25) is 5.82 Å². The Hall–Kier alpha value is -1.84. The molecule has 0 aliphatic carbocycles. The van der Waals surface area contributed by atoms with Gasteiger partial charge < -0.3 is 5.73 Å². The van der Waals surface area contributed by atoms with Crippen LogP contribution in [0.1, 0.15) is 11.4 Å². The first-order valence-corrected chi connectivity index (χ1v) is 3.05. The molecule has 0 fully saturated rings. The molecule has 1 rings (SSSR count). The third-order valence-electron chi connectivity index (χ3n) is 1.19. The molecule has 7 heteroatoms. The summed E-state index contributed by atoms with van der Waals surface area (Å²) in [6.45, 7) is 0. The molecule has 0 atom stereocenters. The molecule has 0 spiro atoms. The van der Waals surface area contributed by atoms with E-state index in [4.69, 9.17) is 11.0 Å². The molecule has 2 N–H and O–H groups in total. The zero-order valence-electron chi connectivity index (χ0n) is 6.13. The van der Waals surface area contributed by atoms with Gasteiger partial charge in [-0.3, -0.25) is 0 Å². The summed E-state index contributed by atoms with van der Waals surface area (Å²) in [6, 6.07) is 1.56. The molecule has 0 aliphatic rings. The molecule has 1 heterocycles. The highest BCUT2D eigenvalue weighted by molar-refractivity contribution is 5.46. The number of rotatable bonds is 0. The van der Waals surface area contributed by atoms with Crippen LogP contribution in [0.25, 0.3) is 0 Å². The van der Waals surface area contributed by atoms with E-state index in [2.05, 4.69) is 9.97 Å². The zero-order chi connectivity index (χ0) is 10.1. The van der Waals surface area contributed by atoms with Gasteiger partial charge in [0, 0.05) is 0 Å². The van der Waals surface area contributed by atoms with E-state index in [1.807, 2.05) is 0 Å². The van der Waals surface area contributed by atoms with Crippen LogP contribution in [0.4, 0.5) is 19.0 Å². The van der Waals surface area contributed by atoms with Crippen LogP contribution in [-0.2, 0) is 6.18 Å². The highest BCUT2D eigenvalue weighted by Gasteiger charge is 2.34. The van der Waals surface area contributed by atoms with Crippen molar-refractivity contribution in [3.8, 4) is 6.07 Å². The number of nitrogens with two attached hydrogens (primary N) is 1. The van der Waals surface area contributed by atoms with E-state index < -0.39 is 17.8 Å². The summed E-state index contributed by atoms with van der Waals surface area (Å²) in [5, 5.41) is 8.32. The van der Waals surface area contributed by atoms with E-state index in [0.29, 0.717) is 0 Å². The minimum atomic E-state index is -4.64. The summed E-state index contributed by atoms with van der Waals surface area (Å²) in [6.07, 6.45) is -3.90. The molecule has 1 aromatic rings. The fourth-order valence-corrected chi connectivity index (χ4v) is 0.618. The maximum Gasteiger partial charge on any atom is 0.451 e. The summed E-state index contributed by atoms with van der Waals surface area (Å²) in [5.41, 5.74) is 4.88. The SMILES string of the molecule is N#Cc1cnc(C(F)(F)F)nc1N. The Morgan fingerprint density at radius 3 is 2.46 bits per heavy atom. The number of nitrogen functional groups attached to an aromatic ring is 1. The van der Waals surface area contributed by atoms with E-state index in [0.717, 1.165) is 6.20 Å². The number of alkyl halides is 3. The molecule has 68 valence electrons. The van der Waals surface area contributed by atoms with Crippen LogP contribution in [0.3, 0.4) is 0 Å². The molecule has 0 bridgehead atoms. The lowest BCUT2D eigenvalue weighted by Gasteiger charge is -2.04. The number of hydrogen-bond donors (Lipinski definition) is 1. The maximum absolute atomic E-state index is 11.9. The Balaban J connectivity index is 3.20. The van der Waals surface area contributed by atoms with Crippen LogP contribution in [-0.4, -0.2) is 9.97 Å². The van der Waals surface area contributed by atoms with Crippen molar-refractivity contribution in [2.45, 2.75) is 6.18 Å². The van der Waals surface area contributed by atoms with Gasteiger partial charge in [0.15, 0.2) is 0 Å². The Bertz CT molecular complexity index is 365. The molecular weight excluding hydrogens is 185 g/mol. The summed E-state index contributed by atoms with van der Waals surface area (Å²) < 4.78 is 35.8. The maximum atomic E-state index is 11.9. The summed E-state index contributed by atoms with van der Waals surface area (Å²) >= 11 is 0. The molecule has 0 aromatic carbocycles. The molecule has 0 amide bonds. The van der Waals surface area contributed by atoms with Crippen molar-refractivity contribution in [2.75, 3.05) is 5.73 Å². The standard InChI is InChI=1S/C6H3F3N4/c7-6(8,9)5-12-2-3(1-10)4(11)13-5/h2H,(H2,11,12,13). The number of hydrogen-bond acceptors (Lipinski definition) is 4. The van der Waals surface area contributed by atoms with Crippen molar-refractivity contribution < 1.29 is 13.2 Å². The number of aromatic nitrogens is 2. The highest BCUT2D eigenvalue weighted by atomic mass is 19.4. The highest BCUT2D eigenvalue weighted by Crippen LogP contribution is 2.26. The number of anilines is 1. The molecule has 0 radical (unpaired) electrons. The van der Waals surface area contributed by atoms with E-state index in [-0.39, 0.29) is 5.56 Å². The first-order chi connectivity index (χ1) is 5.95. The van der Waals surface area contributed by atoms with E-state index in [1.165, 1.54) is 0 Å². The van der Waals surface area contributed by atoms with Gasteiger partial charge in [-0.2, -0.15) is 18.4 Å². The quantitative estimate of drug-likeness (QED) is 0.657. The largest absolute Gasteiger partial charge is 0.451 e. The van der Waals surface area contributed by atoms with Crippen LogP contribution < -0.4 is 5.73 Å². The number of halogens is 3. The number of nitrogens with zero attached hydrogens (tertiary/aromatic N) is 3. The van der Waals surface area contributed by atoms with E-state index >= 15 is 0 Å². The summed E-state index contributed by atoms with van der Waals surface area (Å²) in [5.74, 6) is -1.81. The molecule has 13 heavy (non-hydrogen) atoms. The molecule has 1 aromatic heterocycles. The monoisotopic (exact) mass is 188 g/mol. The van der Waals surface area contributed by atoms with E-state index in [9.17, 15) is 13.2 Å². The molecule has 0 saturated carbocycles. The van der Waals surface area contributed by atoms with Crippen molar-refractivity contribution in [3.63, 3.8) is 0 Å². The van der Waals surface area contributed by atoms with Crippen molar-refractivity contribution in [1.29, 1.82) is 5.26 Å². The van der Waals surface area contributed by atoms with Crippen LogP contribution in [0, 0.1) is 11.3 Å². The van der Waals surface area contributed by atoms with Crippen molar-refractivity contribution in [2.24, 2.45) is 0 Å². The second-order valence-electron chi connectivity index (χ2n) is 2.10. The Morgan fingerprint density at radius 2 is 2.08 bits per heavy atom. The first-order valence-electron chi connectivity index (χ1n) is 3.05. The van der Waals surface area contributed by atoms with Crippen molar-refractivity contribution >= 4 is 5.82 Å². The van der Waals surface area contributed by atoms with Gasteiger partial charge >= 0.3 is 6.18 Å². The third-order valence-corrected chi connectivity index (χ3v) is 1.19. The van der Waals surface area contributed by atoms with Gasteiger partial charge in [0.05, 0.1) is 6.20 Å². The van der Waals surface area contributed by atoms with Crippen molar-refractivity contribution in [3.05, 3.63) is 17.6 Å². The van der Waals surface area contributed by atoms with Gasteiger partial charge in [-0.05, 0) is 0 Å². The fourth-order valence-electron chi connectivity index (χ4n) is 0.618. The minimum Gasteiger partial charge on any atom is -0.382 e. The van der Waals surface area contributed by atoms with Crippen LogP contribution in [0.15, 0.2) is 6.20 Å². The smallest absolute Gasteiger partial charge is 0.382 e. The number of nitriles is 1. The second kappa shape index (κ2) is 2.90. The summed E-state index contributed by atoms with van der Waals surface area (Å²) in [7, 11) is 0. The van der Waals surface area contributed by atoms with Gasteiger partial charge in [0.1, 0.15) is 17.5 Å². The molecular formula is C6H3F3N4. The van der Waals surface area contributed by atoms with Gasteiger partial charge in [-0.25, -0.2) is 9.97 Å². The topological polar surface area (TPSA) is 75.6 Å².